The third kappa shape index (κ3) is 3.34. The summed E-state index contributed by atoms with van der Waals surface area (Å²) in [5.74, 6) is -0.167. The van der Waals surface area contributed by atoms with Crippen LogP contribution in [0.15, 0.2) is 30.3 Å². The molecule has 1 aromatic carbocycles. The Bertz CT molecular complexity index is 899. The van der Waals surface area contributed by atoms with Gasteiger partial charge in [0.2, 0.25) is 10.0 Å². The fraction of sp³-hybridized carbons (Fsp3) is 0.200. The number of nitriles is 2. The smallest absolute Gasteiger partial charge is 0.209 e. The van der Waals surface area contributed by atoms with Crippen LogP contribution in [0.4, 0.5) is 0 Å². The van der Waals surface area contributed by atoms with Crippen molar-refractivity contribution in [3.63, 3.8) is 0 Å². The van der Waals surface area contributed by atoms with E-state index in [4.69, 9.17) is 10.4 Å². The molecule has 0 atom stereocenters. The van der Waals surface area contributed by atoms with Gasteiger partial charge < -0.3 is 4.57 Å². The summed E-state index contributed by atoms with van der Waals surface area (Å²) in [6, 6.07) is 12.8. The van der Waals surface area contributed by atoms with Crippen molar-refractivity contribution >= 4 is 10.0 Å². The Balaban J connectivity index is 2.41. The molecule has 0 aliphatic heterocycles. The van der Waals surface area contributed by atoms with E-state index in [1.165, 1.54) is 0 Å². The molecule has 0 saturated heterocycles. The fourth-order valence-electron chi connectivity index (χ4n) is 2.22. The Hall–Kier alpha value is -2.61. The maximum absolute atomic E-state index is 11.0. The van der Waals surface area contributed by atoms with E-state index >= 15 is 0 Å². The molecule has 6 nitrogen and oxygen atoms in total. The number of aromatic nitrogens is 1. The van der Waals surface area contributed by atoms with E-state index in [1.54, 1.807) is 41.9 Å². The normalized spacial score (nSPS) is 10.9. The minimum Gasteiger partial charge on any atom is -0.335 e. The lowest BCUT2D eigenvalue weighted by atomic mass is 10.0. The van der Waals surface area contributed by atoms with Crippen LogP contribution in [0.25, 0.3) is 11.3 Å². The Morgan fingerprint density at radius 2 is 1.91 bits per heavy atom. The van der Waals surface area contributed by atoms with Crippen molar-refractivity contribution in [2.45, 2.75) is 6.42 Å². The van der Waals surface area contributed by atoms with Gasteiger partial charge in [-0.3, -0.25) is 0 Å². The van der Waals surface area contributed by atoms with Gasteiger partial charge in [0.1, 0.15) is 11.8 Å². The Labute approximate surface area is 129 Å². The third-order valence-electron chi connectivity index (χ3n) is 3.39. The zero-order chi connectivity index (χ0) is 16.3. The van der Waals surface area contributed by atoms with Gasteiger partial charge in [-0.15, -0.1) is 0 Å². The predicted octanol–water partition coefficient (Wildman–Crippen LogP) is 1.27. The summed E-state index contributed by atoms with van der Waals surface area (Å²) in [6.45, 7) is 0. The van der Waals surface area contributed by atoms with Gasteiger partial charge in [-0.1, -0.05) is 12.1 Å². The molecule has 2 aromatic rings. The molecule has 1 aromatic heterocycles. The fourth-order valence-corrected chi connectivity index (χ4v) is 2.74. The summed E-state index contributed by atoms with van der Waals surface area (Å²) in [5, 5.41) is 23.3. The highest BCUT2D eigenvalue weighted by Crippen LogP contribution is 2.26. The monoisotopic (exact) mass is 314 g/mol. The van der Waals surface area contributed by atoms with Gasteiger partial charge in [-0.2, -0.15) is 10.5 Å². The number of aryl methyl sites for hydroxylation is 1. The maximum Gasteiger partial charge on any atom is 0.209 e. The first-order valence-electron chi connectivity index (χ1n) is 6.45. The number of nitrogens with zero attached hydrogens (tertiary/aromatic N) is 3. The van der Waals surface area contributed by atoms with Crippen LogP contribution in [0.1, 0.15) is 16.8 Å². The number of primary sulfonamides is 1. The van der Waals surface area contributed by atoms with Gasteiger partial charge in [0.15, 0.2) is 0 Å². The van der Waals surface area contributed by atoms with Crippen LogP contribution >= 0.6 is 0 Å². The van der Waals surface area contributed by atoms with Crippen molar-refractivity contribution in [3.05, 3.63) is 47.2 Å². The molecule has 0 saturated carbocycles. The van der Waals surface area contributed by atoms with Crippen molar-refractivity contribution in [2.24, 2.45) is 12.2 Å². The zero-order valence-corrected chi connectivity index (χ0v) is 12.8. The molecule has 0 aliphatic rings. The number of hydrogen-bond donors (Lipinski definition) is 1. The molecule has 0 spiro atoms. The second-order valence-electron chi connectivity index (χ2n) is 4.88. The van der Waals surface area contributed by atoms with Gasteiger partial charge in [0.05, 0.1) is 23.1 Å². The lowest BCUT2D eigenvalue weighted by molar-refractivity contribution is 0.597. The summed E-state index contributed by atoms with van der Waals surface area (Å²) < 4.78 is 23.7. The molecule has 1 heterocycles. The first-order valence-corrected chi connectivity index (χ1v) is 8.17. The molecule has 22 heavy (non-hydrogen) atoms. The molecule has 0 aliphatic carbocycles. The highest BCUT2D eigenvalue weighted by Gasteiger charge is 2.12. The first kappa shape index (κ1) is 15.8. The van der Waals surface area contributed by atoms with Crippen molar-refractivity contribution in [1.82, 2.24) is 4.57 Å². The topological polar surface area (TPSA) is 113 Å². The van der Waals surface area contributed by atoms with Crippen LogP contribution in [0.2, 0.25) is 0 Å². The van der Waals surface area contributed by atoms with E-state index in [0.29, 0.717) is 16.8 Å². The summed E-state index contributed by atoms with van der Waals surface area (Å²) in [5.41, 5.74) is 3.11. The van der Waals surface area contributed by atoms with Crippen LogP contribution in [0.3, 0.4) is 0 Å². The lowest BCUT2D eigenvalue weighted by Gasteiger charge is -2.08. The van der Waals surface area contributed by atoms with Gasteiger partial charge >= 0.3 is 0 Å². The average molecular weight is 314 g/mol. The predicted molar refractivity (Wildman–Crippen MR) is 82.0 cm³/mol. The Morgan fingerprint density at radius 3 is 2.45 bits per heavy atom. The average Bonchev–Trinajstić information content (AvgIpc) is 2.85. The number of benzene rings is 1. The largest absolute Gasteiger partial charge is 0.335 e. The number of sulfonamides is 1. The Kier molecular flexibility index (Phi) is 4.32. The second-order valence-corrected chi connectivity index (χ2v) is 6.62. The summed E-state index contributed by atoms with van der Waals surface area (Å²) in [7, 11) is -1.78. The lowest BCUT2D eigenvalue weighted by Crippen LogP contribution is -2.18. The minimum absolute atomic E-state index is 0.167. The van der Waals surface area contributed by atoms with Crippen molar-refractivity contribution in [1.29, 1.82) is 10.5 Å². The highest BCUT2D eigenvalue weighted by molar-refractivity contribution is 7.89. The second kappa shape index (κ2) is 6.02. The van der Waals surface area contributed by atoms with E-state index in [9.17, 15) is 13.7 Å². The van der Waals surface area contributed by atoms with Crippen molar-refractivity contribution in [2.75, 3.05) is 5.75 Å². The molecule has 2 rings (SSSR count). The van der Waals surface area contributed by atoms with Gasteiger partial charge in [0, 0.05) is 12.6 Å². The SMILES string of the molecule is Cn1c(C#N)ccc1-c1ccc(CCS(N)(=O)=O)cc1C#N. The summed E-state index contributed by atoms with van der Waals surface area (Å²) in [6.07, 6.45) is 0.254. The highest BCUT2D eigenvalue weighted by atomic mass is 32.2. The van der Waals surface area contributed by atoms with Gasteiger partial charge in [-0.25, -0.2) is 13.6 Å². The van der Waals surface area contributed by atoms with Gasteiger partial charge in [-0.05, 0) is 30.2 Å². The standard InChI is InChI=1S/C15H14N4O2S/c1-19-13(10-17)3-5-15(19)14-4-2-11(8-12(14)9-16)6-7-22(18,20)21/h2-5,8H,6-7H2,1H3,(H2,18,20,21). The Morgan fingerprint density at radius 1 is 1.18 bits per heavy atom. The van der Waals surface area contributed by atoms with E-state index < -0.39 is 10.0 Å². The number of rotatable bonds is 4. The molecule has 112 valence electrons. The van der Waals surface area contributed by atoms with Crippen LogP contribution in [-0.2, 0) is 23.5 Å². The van der Waals surface area contributed by atoms with E-state index in [2.05, 4.69) is 12.1 Å². The quantitative estimate of drug-likeness (QED) is 0.915. The molecule has 0 amide bonds. The molecule has 7 heteroatoms. The first-order chi connectivity index (χ1) is 10.4. The van der Waals surface area contributed by atoms with Crippen molar-refractivity contribution in [3.8, 4) is 23.4 Å². The van der Waals surface area contributed by atoms with Gasteiger partial charge in [0.25, 0.3) is 0 Å². The molecule has 2 N–H and O–H groups in total. The van der Waals surface area contributed by atoms with Crippen LogP contribution < -0.4 is 5.14 Å². The maximum atomic E-state index is 11.0. The van der Waals surface area contributed by atoms with E-state index in [1.807, 2.05) is 0 Å². The number of hydrogen-bond acceptors (Lipinski definition) is 4. The van der Waals surface area contributed by atoms with Crippen LogP contribution in [0.5, 0.6) is 0 Å². The molecular weight excluding hydrogens is 300 g/mol. The zero-order valence-electron chi connectivity index (χ0n) is 11.9. The third-order valence-corrected chi connectivity index (χ3v) is 4.17. The van der Waals surface area contributed by atoms with Crippen LogP contribution in [0, 0.1) is 22.7 Å². The molecule has 0 bridgehead atoms. The number of nitrogens with two attached hydrogens (primary N) is 1. The van der Waals surface area contributed by atoms with Crippen molar-refractivity contribution < 1.29 is 8.42 Å². The summed E-state index contributed by atoms with van der Waals surface area (Å²) >= 11 is 0. The molecular formula is C15H14N4O2S. The molecule has 0 unspecified atom stereocenters. The van der Waals surface area contributed by atoms with E-state index in [0.717, 1.165) is 11.3 Å². The molecule has 0 fully saturated rings. The summed E-state index contributed by atoms with van der Waals surface area (Å²) in [4.78, 5) is 0. The van der Waals surface area contributed by atoms with Crippen LogP contribution in [-0.4, -0.2) is 18.7 Å². The minimum atomic E-state index is -3.53. The van der Waals surface area contributed by atoms with E-state index in [-0.39, 0.29) is 12.2 Å². The molecule has 0 radical (unpaired) electrons.